The first-order chi connectivity index (χ1) is 13.1. The van der Waals surface area contributed by atoms with E-state index in [4.69, 9.17) is 4.52 Å². The van der Waals surface area contributed by atoms with E-state index in [1.807, 2.05) is 7.05 Å². The van der Waals surface area contributed by atoms with Crippen LogP contribution in [0.2, 0.25) is 0 Å². The molecule has 28 heavy (non-hydrogen) atoms. The van der Waals surface area contributed by atoms with Gasteiger partial charge in [-0.25, -0.2) is 0 Å². The van der Waals surface area contributed by atoms with Crippen molar-refractivity contribution in [3.8, 4) is 0 Å². The van der Waals surface area contributed by atoms with Crippen LogP contribution in [-0.2, 0) is 11.8 Å². The first-order valence-electron chi connectivity index (χ1n) is 9.95. The molecular formula is C21H32IN5O. The summed E-state index contributed by atoms with van der Waals surface area (Å²) in [4.78, 5) is 8.77. The quantitative estimate of drug-likeness (QED) is 0.249. The number of nitrogens with one attached hydrogen (secondary N) is 2. The molecule has 0 amide bonds. The van der Waals surface area contributed by atoms with Gasteiger partial charge >= 0.3 is 0 Å². The molecule has 1 aliphatic rings. The fraction of sp³-hybridized carbons (Fsp3) is 0.571. The van der Waals surface area contributed by atoms with Crippen LogP contribution in [0, 0.1) is 0 Å². The zero-order chi connectivity index (χ0) is 19.1. The fourth-order valence-electron chi connectivity index (χ4n) is 3.49. The Morgan fingerprint density at radius 2 is 1.96 bits per heavy atom. The number of aromatic nitrogens is 2. The van der Waals surface area contributed by atoms with Gasteiger partial charge in [-0.1, -0.05) is 55.8 Å². The second-order valence-corrected chi connectivity index (χ2v) is 7.66. The molecule has 0 saturated heterocycles. The molecule has 2 aromatic rings. The van der Waals surface area contributed by atoms with Gasteiger partial charge in [0.05, 0.1) is 0 Å². The Balaban J connectivity index is 0.00000280. The Morgan fingerprint density at radius 3 is 2.54 bits per heavy atom. The Kier molecular flexibility index (Phi) is 8.72. The topological polar surface area (TPSA) is 75.3 Å². The molecule has 0 atom stereocenters. The highest BCUT2D eigenvalue weighted by Gasteiger charge is 2.38. The van der Waals surface area contributed by atoms with E-state index in [1.54, 1.807) is 0 Å². The van der Waals surface area contributed by atoms with Gasteiger partial charge in [-0.05, 0) is 24.8 Å². The van der Waals surface area contributed by atoms with Gasteiger partial charge in [-0.2, -0.15) is 4.98 Å². The van der Waals surface area contributed by atoms with Crippen LogP contribution in [-0.4, -0.2) is 36.2 Å². The van der Waals surface area contributed by atoms with Gasteiger partial charge in [0.15, 0.2) is 11.8 Å². The van der Waals surface area contributed by atoms with E-state index in [-0.39, 0.29) is 29.4 Å². The molecule has 1 heterocycles. The number of hydrogen-bond donors (Lipinski definition) is 2. The molecule has 6 nitrogen and oxygen atoms in total. The van der Waals surface area contributed by atoms with Crippen LogP contribution in [0.5, 0.6) is 0 Å². The SMILES string of the molecule is CN=C(NCCCc1nc(C(C)C)no1)NCC1(c2ccccc2)CCC1.I. The third kappa shape index (κ3) is 5.68. The Morgan fingerprint density at radius 1 is 1.21 bits per heavy atom. The van der Waals surface area contributed by atoms with Crippen molar-refractivity contribution in [2.75, 3.05) is 20.1 Å². The van der Waals surface area contributed by atoms with E-state index in [2.05, 4.69) is 69.9 Å². The zero-order valence-electron chi connectivity index (χ0n) is 17.1. The summed E-state index contributed by atoms with van der Waals surface area (Å²) >= 11 is 0. The van der Waals surface area contributed by atoms with E-state index >= 15 is 0 Å². The predicted octanol–water partition coefficient (Wildman–Crippen LogP) is 4.03. The summed E-state index contributed by atoms with van der Waals surface area (Å²) in [6.45, 7) is 5.86. The van der Waals surface area contributed by atoms with Crippen molar-refractivity contribution in [3.05, 3.63) is 47.6 Å². The van der Waals surface area contributed by atoms with Gasteiger partial charge in [-0.3, -0.25) is 4.99 Å². The highest BCUT2D eigenvalue weighted by Crippen LogP contribution is 2.43. The van der Waals surface area contributed by atoms with Crippen molar-refractivity contribution in [1.29, 1.82) is 0 Å². The Labute approximate surface area is 185 Å². The van der Waals surface area contributed by atoms with Crippen molar-refractivity contribution in [3.63, 3.8) is 0 Å². The molecule has 0 unspecified atom stereocenters. The van der Waals surface area contributed by atoms with Gasteiger partial charge in [0, 0.05) is 37.9 Å². The lowest BCUT2D eigenvalue weighted by Gasteiger charge is -2.43. The van der Waals surface area contributed by atoms with E-state index in [9.17, 15) is 0 Å². The number of nitrogens with zero attached hydrogens (tertiary/aromatic N) is 3. The summed E-state index contributed by atoms with van der Waals surface area (Å²) in [6.07, 6.45) is 5.46. The van der Waals surface area contributed by atoms with Gasteiger partial charge in [0.25, 0.3) is 0 Å². The van der Waals surface area contributed by atoms with Crippen LogP contribution in [0.1, 0.15) is 62.7 Å². The number of aryl methyl sites for hydroxylation is 1. The first kappa shape index (κ1) is 22.6. The average Bonchev–Trinajstić information content (AvgIpc) is 3.12. The highest BCUT2D eigenvalue weighted by molar-refractivity contribution is 14.0. The summed E-state index contributed by atoms with van der Waals surface area (Å²) in [5, 5.41) is 10.9. The molecule has 7 heteroatoms. The molecule has 0 bridgehead atoms. The lowest BCUT2D eigenvalue weighted by Crippen LogP contribution is -2.49. The van der Waals surface area contributed by atoms with Gasteiger partial charge in [-0.15, -0.1) is 24.0 Å². The molecule has 3 rings (SSSR count). The van der Waals surface area contributed by atoms with Gasteiger partial charge < -0.3 is 15.2 Å². The van der Waals surface area contributed by atoms with E-state index in [0.29, 0.717) is 11.8 Å². The number of hydrogen-bond acceptors (Lipinski definition) is 4. The minimum Gasteiger partial charge on any atom is -0.356 e. The average molecular weight is 497 g/mol. The maximum Gasteiger partial charge on any atom is 0.226 e. The lowest BCUT2D eigenvalue weighted by molar-refractivity contribution is 0.244. The van der Waals surface area contributed by atoms with Crippen molar-refractivity contribution in [2.45, 2.75) is 57.3 Å². The molecule has 1 fully saturated rings. The number of benzene rings is 1. The van der Waals surface area contributed by atoms with Crippen LogP contribution < -0.4 is 10.6 Å². The first-order valence-corrected chi connectivity index (χ1v) is 9.95. The molecule has 1 aliphatic carbocycles. The minimum absolute atomic E-state index is 0. The number of rotatable bonds is 8. The molecule has 154 valence electrons. The molecule has 0 radical (unpaired) electrons. The van der Waals surface area contributed by atoms with Crippen molar-refractivity contribution in [1.82, 2.24) is 20.8 Å². The van der Waals surface area contributed by atoms with Crippen molar-refractivity contribution < 1.29 is 4.52 Å². The second-order valence-electron chi connectivity index (χ2n) is 7.66. The summed E-state index contributed by atoms with van der Waals surface area (Å²) in [7, 11) is 1.82. The monoisotopic (exact) mass is 497 g/mol. The van der Waals surface area contributed by atoms with Gasteiger partial charge in [0.1, 0.15) is 0 Å². The van der Waals surface area contributed by atoms with Crippen molar-refractivity contribution in [2.24, 2.45) is 4.99 Å². The van der Waals surface area contributed by atoms with Gasteiger partial charge in [0.2, 0.25) is 5.89 Å². The zero-order valence-corrected chi connectivity index (χ0v) is 19.4. The second kappa shape index (κ2) is 10.8. The molecule has 0 spiro atoms. The number of guanidine groups is 1. The maximum atomic E-state index is 5.29. The van der Waals surface area contributed by atoms with Crippen LogP contribution in [0.25, 0.3) is 0 Å². The largest absolute Gasteiger partial charge is 0.356 e. The number of halogens is 1. The summed E-state index contributed by atoms with van der Waals surface area (Å²) in [6, 6.07) is 10.8. The standard InChI is InChI=1S/C21H31N5O.HI/c1-16(2)19-25-18(27-26-19)11-7-14-23-20(22-3)24-15-21(12-8-13-21)17-9-5-4-6-10-17;/h4-6,9-10,16H,7-8,11-15H2,1-3H3,(H2,22,23,24);1H. The highest BCUT2D eigenvalue weighted by atomic mass is 127. The molecule has 0 aliphatic heterocycles. The maximum absolute atomic E-state index is 5.29. The summed E-state index contributed by atoms with van der Waals surface area (Å²) in [5.41, 5.74) is 1.67. The van der Waals surface area contributed by atoms with E-state index in [1.165, 1.54) is 24.8 Å². The predicted molar refractivity (Wildman–Crippen MR) is 123 cm³/mol. The van der Waals surface area contributed by atoms with E-state index in [0.717, 1.165) is 37.7 Å². The summed E-state index contributed by atoms with van der Waals surface area (Å²) < 4.78 is 5.29. The van der Waals surface area contributed by atoms with Crippen LogP contribution in [0.3, 0.4) is 0 Å². The summed E-state index contributed by atoms with van der Waals surface area (Å²) in [5.74, 6) is 2.64. The Bertz CT molecular complexity index is 740. The van der Waals surface area contributed by atoms with Crippen LogP contribution in [0.15, 0.2) is 39.8 Å². The molecule has 1 aromatic carbocycles. The van der Waals surface area contributed by atoms with Crippen LogP contribution >= 0.6 is 24.0 Å². The lowest BCUT2D eigenvalue weighted by atomic mass is 9.64. The smallest absolute Gasteiger partial charge is 0.226 e. The molecule has 1 saturated carbocycles. The van der Waals surface area contributed by atoms with Crippen molar-refractivity contribution >= 4 is 29.9 Å². The third-order valence-electron chi connectivity index (χ3n) is 5.37. The fourth-order valence-corrected chi connectivity index (χ4v) is 3.49. The molecule has 2 N–H and O–H groups in total. The van der Waals surface area contributed by atoms with E-state index < -0.39 is 0 Å². The van der Waals surface area contributed by atoms with Crippen LogP contribution in [0.4, 0.5) is 0 Å². The minimum atomic E-state index is 0. The third-order valence-corrected chi connectivity index (χ3v) is 5.37. The Hall–Kier alpha value is -1.64. The molecular weight excluding hydrogens is 465 g/mol. The number of aliphatic imine (C=N–C) groups is 1. The molecule has 1 aromatic heterocycles. The normalized spacial score (nSPS) is 15.6.